The van der Waals surface area contributed by atoms with Gasteiger partial charge >= 0.3 is 0 Å². The largest absolute Gasteiger partial charge is 0.326 e. The smallest absolute Gasteiger partial charge is 0.233 e. The second-order valence-corrected chi connectivity index (χ2v) is 6.73. The van der Waals surface area contributed by atoms with Gasteiger partial charge < -0.3 is 16.0 Å². The molecule has 0 aliphatic carbocycles. The van der Waals surface area contributed by atoms with E-state index in [9.17, 15) is 14.4 Å². The zero-order chi connectivity index (χ0) is 20.0. The number of benzene rings is 2. The van der Waals surface area contributed by atoms with Gasteiger partial charge in [0.25, 0.3) is 0 Å². The molecule has 0 radical (unpaired) electrons. The Balaban J connectivity index is 1.96. The first-order valence-corrected chi connectivity index (χ1v) is 8.83. The highest BCUT2D eigenvalue weighted by Crippen LogP contribution is 2.27. The third-order valence-corrected chi connectivity index (χ3v) is 4.00. The molecule has 0 fully saturated rings. The average Bonchev–Trinajstić information content (AvgIpc) is 2.57. The second kappa shape index (κ2) is 8.98. The molecule has 0 bridgehead atoms. The van der Waals surface area contributed by atoms with Crippen LogP contribution in [-0.2, 0) is 14.4 Å². The van der Waals surface area contributed by atoms with Crippen molar-refractivity contribution in [3.8, 4) is 0 Å². The lowest BCUT2D eigenvalue weighted by Gasteiger charge is -2.16. The summed E-state index contributed by atoms with van der Waals surface area (Å²) < 4.78 is 0. The third-order valence-electron chi connectivity index (χ3n) is 4.00. The van der Waals surface area contributed by atoms with Gasteiger partial charge in [0, 0.05) is 24.0 Å². The number of hydrogen-bond acceptors (Lipinski definition) is 3. The van der Waals surface area contributed by atoms with E-state index in [1.54, 1.807) is 24.3 Å². The van der Waals surface area contributed by atoms with Crippen molar-refractivity contribution >= 4 is 34.8 Å². The molecular weight excluding hydrogens is 342 g/mol. The number of carbonyl (C=O) groups is 3. The number of carbonyl (C=O) groups excluding carboxylic acids is 3. The van der Waals surface area contributed by atoms with Gasteiger partial charge in [-0.2, -0.15) is 0 Å². The van der Waals surface area contributed by atoms with Crippen LogP contribution in [0.3, 0.4) is 0 Å². The Bertz CT molecular complexity index is 842. The summed E-state index contributed by atoms with van der Waals surface area (Å²) in [5.41, 5.74) is 3.96. The quantitative estimate of drug-likeness (QED) is 0.673. The summed E-state index contributed by atoms with van der Waals surface area (Å²) in [7, 11) is 0. The van der Waals surface area contributed by atoms with Crippen LogP contribution in [0.15, 0.2) is 42.5 Å². The van der Waals surface area contributed by atoms with Crippen LogP contribution in [0.4, 0.5) is 17.1 Å². The monoisotopic (exact) mass is 367 g/mol. The summed E-state index contributed by atoms with van der Waals surface area (Å²) in [6.07, 6.45) is -0.278. The van der Waals surface area contributed by atoms with Gasteiger partial charge in [-0.05, 0) is 48.2 Å². The maximum Gasteiger partial charge on any atom is 0.233 e. The summed E-state index contributed by atoms with van der Waals surface area (Å²) in [6, 6.07) is 12.6. The van der Waals surface area contributed by atoms with Gasteiger partial charge in [0.2, 0.25) is 17.7 Å². The van der Waals surface area contributed by atoms with Crippen molar-refractivity contribution in [2.24, 2.45) is 0 Å². The lowest BCUT2D eigenvalue weighted by Crippen LogP contribution is -2.22. The van der Waals surface area contributed by atoms with Crippen molar-refractivity contribution in [1.29, 1.82) is 0 Å². The molecule has 27 heavy (non-hydrogen) atoms. The molecule has 0 heterocycles. The molecule has 6 heteroatoms. The Labute approximate surface area is 159 Å². The minimum atomic E-state index is -0.403. The van der Waals surface area contributed by atoms with Gasteiger partial charge in [0.15, 0.2) is 0 Å². The normalized spacial score (nSPS) is 10.4. The van der Waals surface area contributed by atoms with E-state index in [2.05, 4.69) is 29.8 Å². The average molecular weight is 367 g/mol. The van der Waals surface area contributed by atoms with E-state index in [4.69, 9.17) is 0 Å². The topological polar surface area (TPSA) is 87.3 Å². The van der Waals surface area contributed by atoms with E-state index in [1.807, 2.05) is 25.1 Å². The van der Waals surface area contributed by atoms with Crippen LogP contribution >= 0.6 is 0 Å². The molecule has 0 aromatic heterocycles. The maximum absolute atomic E-state index is 12.3. The highest BCUT2D eigenvalue weighted by Gasteiger charge is 2.15. The third kappa shape index (κ3) is 5.95. The molecule has 2 rings (SSSR count). The fraction of sp³-hybridized carbons (Fsp3) is 0.286. The Morgan fingerprint density at radius 1 is 0.852 bits per heavy atom. The van der Waals surface area contributed by atoms with Crippen LogP contribution in [0.1, 0.15) is 44.2 Å². The molecule has 0 aliphatic rings. The van der Waals surface area contributed by atoms with Gasteiger partial charge in [-0.1, -0.05) is 32.0 Å². The molecule has 3 amide bonds. The zero-order valence-corrected chi connectivity index (χ0v) is 16.1. The number of hydrogen-bond donors (Lipinski definition) is 3. The summed E-state index contributed by atoms with van der Waals surface area (Å²) >= 11 is 0. The molecule has 0 spiro atoms. The van der Waals surface area contributed by atoms with Crippen molar-refractivity contribution in [2.75, 3.05) is 16.0 Å². The Kier molecular flexibility index (Phi) is 6.71. The molecule has 0 aliphatic heterocycles. The minimum absolute atomic E-state index is 0.166. The Morgan fingerprint density at radius 2 is 1.41 bits per heavy atom. The summed E-state index contributed by atoms with van der Waals surface area (Å²) in [6.45, 7) is 7.47. The Hall–Kier alpha value is -3.15. The molecule has 142 valence electrons. The lowest BCUT2D eigenvalue weighted by molar-refractivity contribution is -0.123. The van der Waals surface area contributed by atoms with Crippen LogP contribution < -0.4 is 16.0 Å². The van der Waals surface area contributed by atoms with E-state index in [-0.39, 0.29) is 24.2 Å². The highest BCUT2D eigenvalue weighted by atomic mass is 16.2. The van der Waals surface area contributed by atoms with Crippen molar-refractivity contribution in [3.05, 3.63) is 53.6 Å². The fourth-order valence-electron chi connectivity index (χ4n) is 2.72. The van der Waals surface area contributed by atoms with Crippen molar-refractivity contribution in [2.45, 2.75) is 40.0 Å². The van der Waals surface area contributed by atoms with E-state index in [0.29, 0.717) is 11.4 Å². The number of amides is 3. The SMILES string of the molecule is CC(=O)Nc1ccc(NC(=O)CC(=O)Nc2c(C)cccc2C(C)C)cc1. The first kappa shape index (κ1) is 20.2. The van der Waals surface area contributed by atoms with E-state index >= 15 is 0 Å². The molecule has 0 atom stereocenters. The molecule has 0 saturated carbocycles. The van der Waals surface area contributed by atoms with Gasteiger partial charge in [0.05, 0.1) is 0 Å². The van der Waals surface area contributed by atoms with Crippen LogP contribution in [0, 0.1) is 6.92 Å². The fourth-order valence-corrected chi connectivity index (χ4v) is 2.72. The number of aryl methyl sites for hydroxylation is 1. The standard InChI is InChI=1S/C21H25N3O3/c1-13(2)18-7-5-6-14(3)21(18)24-20(27)12-19(26)23-17-10-8-16(9-11-17)22-15(4)25/h5-11,13H,12H2,1-4H3,(H,22,25)(H,23,26)(H,24,27). The number of para-hydroxylation sites is 1. The summed E-state index contributed by atoms with van der Waals surface area (Å²) in [5, 5.41) is 8.19. The predicted octanol–water partition coefficient (Wildman–Crippen LogP) is 4.04. The van der Waals surface area contributed by atoms with Crippen LogP contribution in [0.5, 0.6) is 0 Å². The molecule has 3 N–H and O–H groups in total. The van der Waals surface area contributed by atoms with Crippen LogP contribution in [0.2, 0.25) is 0 Å². The van der Waals surface area contributed by atoms with Gasteiger partial charge in [-0.3, -0.25) is 14.4 Å². The number of anilines is 3. The van der Waals surface area contributed by atoms with E-state index in [0.717, 1.165) is 16.8 Å². The summed E-state index contributed by atoms with van der Waals surface area (Å²) in [4.78, 5) is 35.4. The number of rotatable bonds is 6. The van der Waals surface area contributed by atoms with E-state index < -0.39 is 5.91 Å². The molecule has 6 nitrogen and oxygen atoms in total. The van der Waals surface area contributed by atoms with Crippen molar-refractivity contribution < 1.29 is 14.4 Å². The molecular formula is C21H25N3O3. The van der Waals surface area contributed by atoms with Gasteiger partial charge in [-0.15, -0.1) is 0 Å². The molecule has 0 saturated heterocycles. The Morgan fingerprint density at radius 3 is 1.96 bits per heavy atom. The van der Waals surface area contributed by atoms with Gasteiger partial charge in [0.1, 0.15) is 6.42 Å². The minimum Gasteiger partial charge on any atom is -0.326 e. The molecule has 0 unspecified atom stereocenters. The predicted molar refractivity (Wildman–Crippen MR) is 108 cm³/mol. The van der Waals surface area contributed by atoms with E-state index in [1.165, 1.54) is 6.92 Å². The lowest BCUT2D eigenvalue weighted by atomic mass is 9.98. The second-order valence-electron chi connectivity index (χ2n) is 6.73. The molecule has 2 aromatic carbocycles. The zero-order valence-electron chi connectivity index (χ0n) is 16.1. The summed E-state index contributed by atoms with van der Waals surface area (Å²) in [5.74, 6) is -0.672. The van der Waals surface area contributed by atoms with Crippen LogP contribution in [-0.4, -0.2) is 17.7 Å². The highest BCUT2D eigenvalue weighted by molar-refractivity contribution is 6.08. The number of nitrogens with one attached hydrogen (secondary N) is 3. The first-order valence-electron chi connectivity index (χ1n) is 8.83. The molecule has 2 aromatic rings. The van der Waals surface area contributed by atoms with Gasteiger partial charge in [-0.25, -0.2) is 0 Å². The maximum atomic E-state index is 12.3. The first-order chi connectivity index (χ1) is 12.8. The van der Waals surface area contributed by atoms with Crippen LogP contribution in [0.25, 0.3) is 0 Å². The van der Waals surface area contributed by atoms with Crippen molar-refractivity contribution in [3.63, 3.8) is 0 Å². The van der Waals surface area contributed by atoms with Crippen molar-refractivity contribution in [1.82, 2.24) is 0 Å².